The maximum absolute atomic E-state index is 13.2. The Bertz CT molecular complexity index is 876. The van der Waals surface area contributed by atoms with Crippen LogP contribution in [-0.4, -0.2) is 46.7 Å². The fourth-order valence-corrected chi connectivity index (χ4v) is 3.92. The Morgan fingerprint density at radius 3 is 2.62 bits per heavy atom. The molecule has 1 saturated heterocycles. The van der Waals surface area contributed by atoms with E-state index in [1.807, 2.05) is 0 Å². The highest BCUT2D eigenvalue weighted by molar-refractivity contribution is 7.88. The summed E-state index contributed by atoms with van der Waals surface area (Å²) in [5, 5.41) is 4.07. The zero-order valence-electron chi connectivity index (χ0n) is 13.2. The first-order valence-electron chi connectivity index (χ1n) is 7.45. The molecule has 0 saturated carbocycles. The number of aromatic nitrogens is 3. The summed E-state index contributed by atoms with van der Waals surface area (Å²) in [6, 6.07) is 2.46. The van der Waals surface area contributed by atoms with Crippen molar-refractivity contribution in [3.63, 3.8) is 0 Å². The Labute approximate surface area is 137 Å². The highest BCUT2D eigenvalue weighted by Gasteiger charge is 2.36. The van der Waals surface area contributed by atoms with Crippen LogP contribution in [0.5, 0.6) is 0 Å². The van der Waals surface area contributed by atoms with Gasteiger partial charge in [-0.05, 0) is 25.8 Å². The summed E-state index contributed by atoms with van der Waals surface area (Å²) in [5.41, 5.74) is -0.0736. The minimum absolute atomic E-state index is 0.119. The van der Waals surface area contributed by atoms with E-state index in [9.17, 15) is 21.6 Å². The highest BCUT2D eigenvalue weighted by atomic mass is 32.2. The largest absolute Gasteiger partial charge is 0.433 e. The molecule has 132 valence electrons. The number of aryl methyl sites for hydroxylation is 1. The molecule has 0 amide bonds. The number of hydrogen-bond donors (Lipinski definition) is 0. The van der Waals surface area contributed by atoms with Crippen molar-refractivity contribution >= 4 is 15.7 Å². The van der Waals surface area contributed by atoms with E-state index in [0.29, 0.717) is 25.1 Å². The summed E-state index contributed by atoms with van der Waals surface area (Å²) in [5.74, 6) is -0.239. The van der Waals surface area contributed by atoms with E-state index in [2.05, 4.69) is 10.1 Å². The lowest BCUT2D eigenvalue weighted by molar-refractivity contribution is -0.142. The minimum Gasteiger partial charge on any atom is -0.234 e. The molecule has 2 aromatic heterocycles. The van der Waals surface area contributed by atoms with Gasteiger partial charge in [0.25, 0.3) is 0 Å². The summed E-state index contributed by atoms with van der Waals surface area (Å²) in [6.45, 7) is 2.14. The van der Waals surface area contributed by atoms with Crippen LogP contribution in [0.4, 0.5) is 13.2 Å². The Balaban J connectivity index is 2.02. The third-order valence-electron chi connectivity index (χ3n) is 4.14. The molecule has 0 N–H and O–H groups in total. The molecule has 1 aliphatic rings. The topological polar surface area (TPSA) is 67.6 Å². The van der Waals surface area contributed by atoms with Gasteiger partial charge in [-0.15, -0.1) is 0 Å². The molecule has 0 radical (unpaired) electrons. The van der Waals surface area contributed by atoms with Gasteiger partial charge in [-0.25, -0.2) is 22.2 Å². The van der Waals surface area contributed by atoms with Crippen molar-refractivity contribution in [2.45, 2.75) is 31.9 Å². The molecule has 6 nitrogen and oxygen atoms in total. The van der Waals surface area contributed by atoms with E-state index in [-0.39, 0.29) is 23.8 Å². The van der Waals surface area contributed by atoms with Crippen molar-refractivity contribution in [3.05, 3.63) is 29.2 Å². The normalized spacial score (nSPS) is 20.6. The number of rotatable bonds is 2. The number of hydrogen-bond acceptors (Lipinski definition) is 4. The van der Waals surface area contributed by atoms with E-state index in [0.717, 1.165) is 16.8 Å². The summed E-state index contributed by atoms with van der Waals surface area (Å²) in [4.78, 5) is 4.10. The second kappa shape index (κ2) is 5.69. The average molecular weight is 362 g/mol. The molecule has 3 rings (SSSR count). The minimum atomic E-state index is -4.54. The van der Waals surface area contributed by atoms with Gasteiger partial charge in [0.1, 0.15) is 5.69 Å². The van der Waals surface area contributed by atoms with Crippen LogP contribution >= 0.6 is 0 Å². The van der Waals surface area contributed by atoms with Crippen molar-refractivity contribution in [3.8, 4) is 0 Å². The van der Waals surface area contributed by atoms with E-state index < -0.39 is 21.9 Å². The fraction of sp³-hybridized carbons (Fsp3) is 0.571. The SMILES string of the molecule is Cc1cc(C(F)(F)F)n2nc([C@H]3CCCN(S(C)(=O)=O)C3)cc2n1. The summed E-state index contributed by atoms with van der Waals surface area (Å²) >= 11 is 0. The molecular weight excluding hydrogens is 345 g/mol. The van der Waals surface area contributed by atoms with Crippen LogP contribution in [0, 0.1) is 6.92 Å². The number of piperidine rings is 1. The zero-order valence-corrected chi connectivity index (χ0v) is 14.0. The van der Waals surface area contributed by atoms with Crippen LogP contribution in [0.3, 0.4) is 0 Å². The van der Waals surface area contributed by atoms with Gasteiger partial charge >= 0.3 is 6.18 Å². The Kier molecular flexibility index (Phi) is 4.07. The van der Waals surface area contributed by atoms with Crippen LogP contribution in [0.1, 0.15) is 35.8 Å². The molecule has 0 spiro atoms. The zero-order chi connectivity index (χ0) is 17.7. The molecule has 0 aromatic carbocycles. The van der Waals surface area contributed by atoms with Crippen molar-refractivity contribution in [2.75, 3.05) is 19.3 Å². The number of halogens is 3. The molecule has 0 bridgehead atoms. The van der Waals surface area contributed by atoms with E-state index in [1.54, 1.807) is 0 Å². The second-order valence-corrected chi connectivity index (χ2v) is 8.06. The molecule has 3 heterocycles. The van der Waals surface area contributed by atoms with Crippen molar-refractivity contribution in [1.82, 2.24) is 18.9 Å². The number of fused-ring (bicyclic) bond motifs is 1. The number of nitrogens with zero attached hydrogens (tertiary/aromatic N) is 4. The molecule has 0 aliphatic carbocycles. The molecule has 1 atom stereocenters. The van der Waals surface area contributed by atoms with Crippen LogP contribution in [-0.2, 0) is 16.2 Å². The van der Waals surface area contributed by atoms with Gasteiger partial charge < -0.3 is 0 Å². The predicted octanol–water partition coefficient (Wildman–Crippen LogP) is 2.20. The maximum Gasteiger partial charge on any atom is 0.433 e. The lowest BCUT2D eigenvalue weighted by atomic mass is 9.96. The van der Waals surface area contributed by atoms with Gasteiger partial charge in [0.2, 0.25) is 10.0 Å². The highest BCUT2D eigenvalue weighted by Crippen LogP contribution is 2.32. The van der Waals surface area contributed by atoms with Crippen LogP contribution in [0.15, 0.2) is 12.1 Å². The first-order chi connectivity index (χ1) is 11.1. The average Bonchev–Trinajstić information content (AvgIpc) is 2.88. The molecule has 10 heteroatoms. The first-order valence-corrected chi connectivity index (χ1v) is 9.30. The Morgan fingerprint density at radius 2 is 2.00 bits per heavy atom. The monoisotopic (exact) mass is 362 g/mol. The summed E-state index contributed by atoms with van der Waals surface area (Å²) in [7, 11) is -3.33. The van der Waals surface area contributed by atoms with E-state index >= 15 is 0 Å². The summed E-state index contributed by atoms with van der Waals surface area (Å²) in [6.07, 6.45) is -2.09. The van der Waals surface area contributed by atoms with Gasteiger partial charge in [-0.1, -0.05) is 0 Å². The van der Waals surface area contributed by atoms with Crippen LogP contribution < -0.4 is 0 Å². The quantitative estimate of drug-likeness (QED) is 0.821. The van der Waals surface area contributed by atoms with E-state index in [4.69, 9.17) is 0 Å². The molecule has 1 aliphatic heterocycles. The van der Waals surface area contributed by atoms with Crippen LogP contribution in [0.2, 0.25) is 0 Å². The van der Waals surface area contributed by atoms with E-state index in [1.165, 1.54) is 17.3 Å². The lowest BCUT2D eigenvalue weighted by Crippen LogP contribution is -2.38. The summed E-state index contributed by atoms with van der Waals surface area (Å²) < 4.78 is 65.1. The van der Waals surface area contributed by atoms with Crippen molar-refractivity contribution in [1.29, 1.82) is 0 Å². The van der Waals surface area contributed by atoms with Gasteiger partial charge in [-0.2, -0.15) is 18.3 Å². The molecule has 1 fully saturated rings. The number of alkyl halides is 3. The smallest absolute Gasteiger partial charge is 0.234 e. The maximum atomic E-state index is 13.2. The molecule has 24 heavy (non-hydrogen) atoms. The van der Waals surface area contributed by atoms with Crippen LogP contribution in [0.25, 0.3) is 5.65 Å². The first kappa shape index (κ1) is 17.2. The van der Waals surface area contributed by atoms with Gasteiger partial charge in [-0.3, -0.25) is 0 Å². The Morgan fingerprint density at radius 1 is 1.29 bits per heavy atom. The second-order valence-electron chi connectivity index (χ2n) is 6.08. The third-order valence-corrected chi connectivity index (χ3v) is 5.41. The fourth-order valence-electron chi connectivity index (χ4n) is 3.00. The molecule has 2 aromatic rings. The molecular formula is C14H17F3N4O2S. The van der Waals surface area contributed by atoms with Gasteiger partial charge in [0.15, 0.2) is 5.65 Å². The number of sulfonamides is 1. The third kappa shape index (κ3) is 3.25. The van der Waals surface area contributed by atoms with Gasteiger partial charge in [0.05, 0.1) is 11.9 Å². The predicted molar refractivity (Wildman–Crippen MR) is 81.1 cm³/mol. The Hall–Kier alpha value is -1.68. The standard InChI is InChI=1S/C14H17F3N4O2S/c1-9-6-12(14(15,16)17)21-13(18-9)7-11(19-21)10-4-3-5-20(8-10)24(2,22)23/h6-7,10H,3-5,8H2,1-2H3/t10-/m0/s1. The van der Waals surface area contributed by atoms with Crippen molar-refractivity contribution in [2.24, 2.45) is 0 Å². The van der Waals surface area contributed by atoms with Crippen molar-refractivity contribution < 1.29 is 21.6 Å². The molecule has 0 unspecified atom stereocenters. The lowest BCUT2D eigenvalue weighted by Gasteiger charge is -2.29. The van der Waals surface area contributed by atoms with Gasteiger partial charge in [0, 0.05) is 30.8 Å².